The summed E-state index contributed by atoms with van der Waals surface area (Å²) in [5, 5.41) is 29.6. The Morgan fingerprint density at radius 2 is 1.09 bits per heavy atom. The van der Waals surface area contributed by atoms with Gasteiger partial charge >= 0.3 is 60.1 Å². The van der Waals surface area contributed by atoms with Crippen LogP contribution in [0.4, 0.5) is 0 Å². The molecule has 11 atom stereocenters. The van der Waals surface area contributed by atoms with E-state index in [1.807, 2.05) is 91.8 Å². The molecule has 5 fully saturated rings. The molecular formula is C74H134BLi2N2O23P2S. The first-order chi connectivity index (χ1) is 47.6. The van der Waals surface area contributed by atoms with Crippen molar-refractivity contribution in [3.05, 3.63) is 73.0 Å². The average Bonchev–Trinajstić information content (AvgIpc) is 0.878. The topological polar surface area (TPSA) is 373 Å². The second-order valence-corrected chi connectivity index (χ2v) is 22.4. The molecule has 9 N–H and O–H groups in total. The number of ketones is 1. The van der Waals surface area contributed by atoms with Gasteiger partial charge in [-0.15, -0.1) is 61.5 Å². The third-order valence-corrected chi connectivity index (χ3v) is 12.9. The minimum atomic E-state index is -4.67. The number of carbonyl (C=O) groups is 4. The Balaban J connectivity index is -0.0000000829. The van der Waals surface area contributed by atoms with Gasteiger partial charge in [0.2, 0.25) is 0 Å². The van der Waals surface area contributed by atoms with Crippen molar-refractivity contribution in [1.82, 2.24) is 5.32 Å². The Hall–Kier alpha value is -4.37. The fourth-order valence-corrected chi connectivity index (χ4v) is 8.22. The standard InChI is InChI=1S/C15H23NO3.C10H18O3.C9H13NO2.2C6H12O2.2C6H10O2.C4H8O.C4H6.C3H4.C2H4O.C2H2.CH4.B.2Li.H2O4S.H2O.H4P2.H/c1-11-8-13(6-7-19-11)16-10-12-4-5-14(17-2)9-15(12)18-3;1-3-4-10(11)13-9-5-6-12-8(2)7-9;1-11-8-4-3-7(6-10)9(5-8)12-2;3*1-5-4-6(7)2-3-8-5;1-3-5-6(7)8-4-2;1-2-3-4-5;1-3-4-2;1-3-2;1-2-3;1-2;;;;;1-5(2,3)4;;1-2;/h4-5,9,11,13,16H,6-8,10H2,1-3H3;8-9H,3-7H2,1-2H3;3-5H,6,10H2,1-2H3;2*5-7H,2-4H2,1H3;5H,2-4H2,1H3;4H,2-3,5H2,1H3;2,5H,1,3-4H2;1-2H3;1H,2H3;2H,1H3;1-2H;1H4;;;;(H2,1,2,3,4);1H2;1-2H2;/q;;;;;;;;;;;;;;2*+1;;;;-1/p-1/t11-,13-;8-,9-;;2*5-,6-;5-;;;;;;;;;;;;;;/m11.101............../s1. The number of nitrogens with one attached hydrogen (secondary N) is 1. The molecule has 105 heavy (non-hydrogen) atoms. The summed E-state index contributed by atoms with van der Waals surface area (Å²) in [6.07, 6.45) is 29.0. The van der Waals surface area contributed by atoms with Crippen molar-refractivity contribution < 1.29 is 149 Å². The van der Waals surface area contributed by atoms with Gasteiger partial charge in [-0.3, -0.25) is 23.5 Å². The van der Waals surface area contributed by atoms with Gasteiger partial charge in [-0.2, -0.15) is 8.42 Å². The van der Waals surface area contributed by atoms with Gasteiger partial charge in [-0.05, 0) is 132 Å². The Labute approximate surface area is 665 Å². The van der Waals surface area contributed by atoms with E-state index in [9.17, 15) is 14.4 Å². The molecule has 2 aromatic rings. The van der Waals surface area contributed by atoms with Crippen LogP contribution < -0.4 is 67.7 Å². The van der Waals surface area contributed by atoms with Gasteiger partial charge in [0.1, 0.15) is 41.2 Å². The molecule has 0 saturated carbocycles. The SMILES string of the molecule is C.C#C.C#CC.C=CCCO.C=COC(=O)CCC.CC#CC.CC=O.CCCC(=O)O[C@@H]1CCO[C@H](C)C1.COc1ccc(CN)c(OC)c1.COc1ccc(CN[C@@H]2CCO[C@H](C)C2)c(OC)c1.C[C@@H]1CC(=O)CCO1.C[C@@H]1C[C@H](O)CCO1.C[C@H]1C[C@@H](O)CCO1.O=S(=O)(O)O.PP.[B].[H-].[Li+].[Li+].[OH-]. The van der Waals surface area contributed by atoms with E-state index in [0.717, 1.165) is 137 Å². The number of ether oxygens (including phenoxy) is 11. The second-order valence-electron chi connectivity index (χ2n) is 21.5. The first-order valence-corrected chi connectivity index (χ1v) is 37.2. The average molecular weight is 1540 g/mol. The maximum absolute atomic E-state index is 11.2. The summed E-state index contributed by atoms with van der Waals surface area (Å²) in [7, 11) is 6.59. The molecule has 0 aromatic heterocycles. The third-order valence-electron chi connectivity index (χ3n) is 12.9. The van der Waals surface area contributed by atoms with Gasteiger partial charge in [0.25, 0.3) is 0 Å². The van der Waals surface area contributed by atoms with Crippen molar-refractivity contribution in [3.8, 4) is 60.0 Å². The van der Waals surface area contributed by atoms with Gasteiger partial charge in [0, 0.05) is 116 Å². The second kappa shape index (κ2) is 92.0. The Bertz CT molecular complexity index is 2530. The zero-order chi connectivity index (χ0) is 78.1. The maximum atomic E-state index is 11.2. The van der Waals surface area contributed by atoms with Crippen LogP contribution in [0.2, 0.25) is 0 Å². The molecule has 5 saturated heterocycles. The molecular weight excluding hydrogens is 1400 g/mol. The number of Topliss-reactive ketones (excluding diaryl/α,β-unsaturated/α-hetero) is 1. The quantitative estimate of drug-likeness (QED) is 0.0157. The number of rotatable bonds is 16. The number of hydrogen-bond acceptors (Lipinski definition) is 23. The molecule has 2 aromatic carbocycles. The molecule has 7 rings (SSSR count). The van der Waals surface area contributed by atoms with Gasteiger partial charge in [-0.1, -0.05) is 46.1 Å². The van der Waals surface area contributed by atoms with Crippen LogP contribution >= 0.6 is 17.9 Å². The molecule has 5 heterocycles. The summed E-state index contributed by atoms with van der Waals surface area (Å²) in [5.41, 5.74) is 7.64. The number of terminal acetylenes is 2. The predicted molar refractivity (Wildman–Crippen MR) is 420 cm³/mol. The summed E-state index contributed by atoms with van der Waals surface area (Å²) in [6, 6.07) is 12.0. The molecule has 599 valence electrons. The van der Waals surface area contributed by atoms with E-state index >= 15 is 0 Å². The number of aldehydes is 1. The molecule has 0 spiro atoms. The molecule has 31 heteroatoms. The minimum absolute atomic E-state index is 0. The van der Waals surface area contributed by atoms with Crippen LogP contribution in [0.1, 0.15) is 192 Å². The fraction of sp³-hybridized carbons (Fsp3) is 0.649. The van der Waals surface area contributed by atoms with Crippen LogP contribution in [0.25, 0.3) is 0 Å². The Kier molecular flexibility index (Phi) is 111. The van der Waals surface area contributed by atoms with E-state index in [1.54, 1.807) is 41.4 Å². The number of carbonyl (C=O) groups excluding carboxylic acids is 4. The molecule has 0 amide bonds. The van der Waals surface area contributed by atoms with Gasteiger partial charge in [0.05, 0.1) is 90.6 Å². The van der Waals surface area contributed by atoms with E-state index in [2.05, 4.69) is 85.0 Å². The van der Waals surface area contributed by atoms with Crippen molar-refractivity contribution >= 4 is 60.7 Å². The van der Waals surface area contributed by atoms with Crippen LogP contribution in [0, 0.1) is 37.0 Å². The summed E-state index contributed by atoms with van der Waals surface area (Å²) < 4.78 is 88.5. The first-order valence-electron chi connectivity index (χ1n) is 33.1. The number of esters is 2. The molecule has 5 aliphatic rings. The van der Waals surface area contributed by atoms with E-state index in [4.69, 9.17) is 90.7 Å². The monoisotopic (exact) mass is 1540 g/mol. The van der Waals surface area contributed by atoms with Crippen LogP contribution in [-0.4, -0.2) is 194 Å². The van der Waals surface area contributed by atoms with Crippen molar-refractivity contribution in [3.63, 3.8) is 0 Å². The number of aliphatic hydroxyl groups excluding tert-OH is 3. The van der Waals surface area contributed by atoms with E-state index in [-0.39, 0.29) is 122 Å². The number of aliphatic hydroxyl groups is 3. The van der Waals surface area contributed by atoms with Gasteiger partial charge in [-0.25, -0.2) is 0 Å². The van der Waals surface area contributed by atoms with Crippen molar-refractivity contribution in [2.75, 3.05) is 68.1 Å². The van der Waals surface area contributed by atoms with E-state index < -0.39 is 10.4 Å². The minimum Gasteiger partial charge on any atom is -1.00 e. The fourth-order valence-electron chi connectivity index (χ4n) is 8.22. The summed E-state index contributed by atoms with van der Waals surface area (Å²) in [5.74, 6) is 10.9. The Morgan fingerprint density at radius 1 is 0.705 bits per heavy atom. The van der Waals surface area contributed by atoms with E-state index in [1.165, 1.54) is 6.92 Å². The number of methoxy groups -OCH3 is 4. The van der Waals surface area contributed by atoms with Crippen LogP contribution in [0.15, 0.2) is 61.9 Å². The smallest absolute Gasteiger partial charge is 1.00 e. The molecule has 5 aliphatic heterocycles. The zero-order valence-corrected chi connectivity index (χ0v) is 68.8. The van der Waals surface area contributed by atoms with Crippen molar-refractivity contribution in [1.29, 1.82) is 0 Å². The molecule has 2 unspecified atom stereocenters. The van der Waals surface area contributed by atoms with Gasteiger partial charge in [0.15, 0.2) is 0 Å². The first kappa shape index (κ1) is 127. The number of hydrogen-bond donors (Lipinski definition) is 7. The largest absolute Gasteiger partial charge is 1.00 e. The van der Waals surface area contributed by atoms with Crippen LogP contribution in [0.5, 0.6) is 23.0 Å². The van der Waals surface area contributed by atoms with Crippen molar-refractivity contribution in [2.24, 2.45) is 5.73 Å². The third kappa shape index (κ3) is 90.2. The van der Waals surface area contributed by atoms with E-state index in [0.29, 0.717) is 69.8 Å². The zero-order valence-electron chi connectivity index (χ0n) is 66.6. The summed E-state index contributed by atoms with van der Waals surface area (Å²) in [4.78, 5) is 40.9. The normalized spacial score (nSPS) is 19.1. The number of nitrogens with two attached hydrogens (primary N) is 1. The maximum Gasteiger partial charge on any atom is 1.00 e. The predicted octanol–water partition coefficient (Wildman–Crippen LogP) is 5.62. The summed E-state index contributed by atoms with van der Waals surface area (Å²) in [6.45, 7) is 32.5. The van der Waals surface area contributed by atoms with Crippen molar-refractivity contribution in [2.45, 2.75) is 248 Å². The van der Waals surface area contributed by atoms with Crippen LogP contribution in [-0.2, 0) is 75.8 Å². The number of benzene rings is 2. The molecule has 25 nitrogen and oxygen atoms in total. The van der Waals surface area contributed by atoms with Crippen LogP contribution in [0.3, 0.4) is 0 Å². The van der Waals surface area contributed by atoms with Gasteiger partial charge < -0.3 is 90.2 Å². The molecule has 3 radical (unpaired) electrons. The Morgan fingerprint density at radius 3 is 1.38 bits per heavy atom. The molecule has 0 aliphatic carbocycles. The summed E-state index contributed by atoms with van der Waals surface area (Å²) >= 11 is 0. The molecule has 0 bridgehead atoms.